The summed E-state index contributed by atoms with van der Waals surface area (Å²) < 4.78 is 0. The minimum atomic E-state index is 0.333. The van der Waals surface area contributed by atoms with Gasteiger partial charge in [-0.1, -0.05) is 12.2 Å². The van der Waals surface area contributed by atoms with Gasteiger partial charge in [-0.05, 0) is 13.0 Å². The van der Waals surface area contributed by atoms with Crippen molar-refractivity contribution < 1.29 is 0 Å². The van der Waals surface area contributed by atoms with Crippen molar-refractivity contribution in [2.75, 3.05) is 0 Å². The number of allylic oxidation sites excluding steroid dienone is 1. The Morgan fingerprint density at radius 3 is 2.00 bits per heavy atom. The third-order valence-corrected chi connectivity index (χ3v) is 0.488. The van der Waals surface area contributed by atoms with Gasteiger partial charge in [0, 0.05) is 5.70 Å². The second-order valence-corrected chi connectivity index (χ2v) is 1.76. The molecule has 0 amide bonds. The molecule has 0 heterocycles. The topological polar surface area (TPSA) is 52.0 Å². The fraction of sp³-hybridized carbons (Fsp3) is 0.250. The third-order valence-electron chi connectivity index (χ3n) is 0.370. The Labute approximate surface area is 48.2 Å². The largest absolute Gasteiger partial charge is 0.402 e. The Hall–Kier alpha value is -0.570. The molecular formula is C4H8N2S. The molecule has 0 aliphatic heterocycles. The SMILES string of the molecule is C/C(N)=C/C(N)=S. The molecule has 0 aliphatic rings. The fourth-order valence-corrected chi connectivity index (χ4v) is 0.410. The van der Waals surface area contributed by atoms with Crippen LogP contribution in [0.2, 0.25) is 0 Å². The molecular weight excluding hydrogens is 108 g/mol. The molecule has 0 saturated carbocycles. The maximum absolute atomic E-state index is 5.19. The molecule has 0 radical (unpaired) electrons. The van der Waals surface area contributed by atoms with Crippen LogP contribution in [0.15, 0.2) is 11.8 Å². The van der Waals surface area contributed by atoms with Crippen molar-refractivity contribution >= 4 is 17.2 Å². The molecule has 0 unspecified atom stereocenters. The number of hydrogen-bond acceptors (Lipinski definition) is 2. The first-order valence-electron chi connectivity index (χ1n) is 1.86. The molecule has 0 bridgehead atoms. The van der Waals surface area contributed by atoms with E-state index in [0.717, 1.165) is 0 Å². The molecule has 7 heavy (non-hydrogen) atoms. The second kappa shape index (κ2) is 2.58. The summed E-state index contributed by atoms with van der Waals surface area (Å²) in [5, 5.41) is 0. The van der Waals surface area contributed by atoms with Gasteiger partial charge in [0.05, 0.1) is 4.99 Å². The van der Waals surface area contributed by atoms with Gasteiger partial charge in [0.25, 0.3) is 0 Å². The van der Waals surface area contributed by atoms with Crippen molar-refractivity contribution in [2.24, 2.45) is 11.5 Å². The van der Waals surface area contributed by atoms with Crippen molar-refractivity contribution in [3.8, 4) is 0 Å². The summed E-state index contributed by atoms with van der Waals surface area (Å²) in [6, 6.07) is 0. The Balaban J connectivity index is 3.68. The van der Waals surface area contributed by atoms with E-state index in [1.54, 1.807) is 6.92 Å². The second-order valence-electron chi connectivity index (χ2n) is 1.29. The van der Waals surface area contributed by atoms with Crippen LogP contribution in [0.4, 0.5) is 0 Å². The van der Waals surface area contributed by atoms with E-state index in [1.165, 1.54) is 6.08 Å². The lowest BCUT2D eigenvalue weighted by atomic mass is 10.4. The summed E-state index contributed by atoms with van der Waals surface area (Å²) in [6.45, 7) is 1.74. The molecule has 0 aliphatic carbocycles. The number of nitrogens with two attached hydrogens (primary N) is 2. The minimum Gasteiger partial charge on any atom is -0.402 e. The highest BCUT2D eigenvalue weighted by Crippen LogP contribution is 1.76. The molecule has 0 atom stereocenters. The highest BCUT2D eigenvalue weighted by Gasteiger charge is 1.76. The maximum atomic E-state index is 5.19. The predicted molar refractivity (Wildman–Crippen MR) is 34.7 cm³/mol. The van der Waals surface area contributed by atoms with Crippen LogP contribution in [0, 0.1) is 0 Å². The van der Waals surface area contributed by atoms with Crippen LogP contribution >= 0.6 is 12.2 Å². The van der Waals surface area contributed by atoms with Gasteiger partial charge >= 0.3 is 0 Å². The average molecular weight is 116 g/mol. The van der Waals surface area contributed by atoms with E-state index in [2.05, 4.69) is 12.2 Å². The zero-order chi connectivity index (χ0) is 5.86. The Kier molecular flexibility index (Phi) is 2.37. The highest BCUT2D eigenvalue weighted by molar-refractivity contribution is 7.80. The standard InChI is InChI=1S/C4H8N2S/c1-3(5)2-4(6)7/h2H,5H2,1H3,(H2,6,7)/b3-2-. The lowest BCUT2D eigenvalue weighted by molar-refractivity contribution is 1.32. The first kappa shape index (κ1) is 6.43. The van der Waals surface area contributed by atoms with Crippen LogP contribution in [0.1, 0.15) is 6.92 Å². The zero-order valence-corrected chi connectivity index (χ0v) is 4.96. The number of rotatable bonds is 1. The summed E-state index contributed by atoms with van der Waals surface area (Å²) in [7, 11) is 0. The van der Waals surface area contributed by atoms with Crippen molar-refractivity contribution in [1.29, 1.82) is 0 Å². The van der Waals surface area contributed by atoms with E-state index < -0.39 is 0 Å². The van der Waals surface area contributed by atoms with Crippen LogP contribution < -0.4 is 11.5 Å². The summed E-state index contributed by atoms with van der Waals surface area (Å²) in [4.78, 5) is 0.333. The van der Waals surface area contributed by atoms with Crippen molar-refractivity contribution in [3.63, 3.8) is 0 Å². The molecule has 3 heteroatoms. The molecule has 0 fully saturated rings. The summed E-state index contributed by atoms with van der Waals surface area (Å²) in [5.74, 6) is 0. The van der Waals surface area contributed by atoms with Crippen LogP contribution in [-0.2, 0) is 0 Å². The molecule has 0 saturated heterocycles. The Bertz CT molecular complexity index is 102. The van der Waals surface area contributed by atoms with Gasteiger partial charge in [-0.15, -0.1) is 0 Å². The van der Waals surface area contributed by atoms with Gasteiger partial charge in [-0.2, -0.15) is 0 Å². The van der Waals surface area contributed by atoms with Crippen LogP contribution in [0.3, 0.4) is 0 Å². The monoisotopic (exact) mass is 116 g/mol. The molecule has 40 valence electrons. The van der Waals surface area contributed by atoms with Crippen molar-refractivity contribution in [2.45, 2.75) is 6.92 Å². The quantitative estimate of drug-likeness (QED) is 0.378. The molecule has 0 rings (SSSR count). The lowest BCUT2D eigenvalue weighted by Gasteiger charge is -1.85. The highest BCUT2D eigenvalue weighted by atomic mass is 32.1. The van der Waals surface area contributed by atoms with E-state index in [1.807, 2.05) is 0 Å². The zero-order valence-electron chi connectivity index (χ0n) is 4.14. The summed E-state index contributed by atoms with van der Waals surface area (Å²) >= 11 is 4.49. The Morgan fingerprint density at radius 1 is 1.57 bits per heavy atom. The molecule has 4 N–H and O–H groups in total. The normalized spacial score (nSPS) is 11.3. The average Bonchev–Trinajstić information content (AvgIpc) is 1.27. The van der Waals surface area contributed by atoms with Gasteiger partial charge in [0.2, 0.25) is 0 Å². The van der Waals surface area contributed by atoms with Crippen molar-refractivity contribution in [1.82, 2.24) is 0 Å². The van der Waals surface area contributed by atoms with Gasteiger partial charge in [0.15, 0.2) is 0 Å². The first-order valence-corrected chi connectivity index (χ1v) is 2.27. The molecule has 0 aromatic rings. The molecule has 0 aromatic carbocycles. The van der Waals surface area contributed by atoms with Crippen LogP contribution in [0.5, 0.6) is 0 Å². The van der Waals surface area contributed by atoms with Crippen molar-refractivity contribution in [3.05, 3.63) is 11.8 Å². The van der Waals surface area contributed by atoms with Crippen LogP contribution in [-0.4, -0.2) is 4.99 Å². The maximum Gasteiger partial charge on any atom is 0.0979 e. The molecule has 2 nitrogen and oxygen atoms in total. The number of thiocarbonyl (C=S) groups is 1. The van der Waals surface area contributed by atoms with Crippen LogP contribution in [0.25, 0.3) is 0 Å². The van der Waals surface area contributed by atoms with E-state index >= 15 is 0 Å². The van der Waals surface area contributed by atoms with E-state index in [4.69, 9.17) is 11.5 Å². The van der Waals surface area contributed by atoms with Gasteiger partial charge in [-0.3, -0.25) is 0 Å². The number of hydrogen-bond donors (Lipinski definition) is 2. The third kappa shape index (κ3) is 5.43. The predicted octanol–water partition coefficient (Wildman–Crippen LogP) is 0.135. The van der Waals surface area contributed by atoms with E-state index in [9.17, 15) is 0 Å². The smallest absolute Gasteiger partial charge is 0.0979 e. The molecule has 0 spiro atoms. The minimum absolute atomic E-state index is 0.333. The fourth-order valence-electron chi connectivity index (χ4n) is 0.224. The van der Waals surface area contributed by atoms with Gasteiger partial charge in [0.1, 0.15) is 0 Å². The summed E-state index contributed by atoms with van der Waals surface area (Å²) in [6.07, 6.45) is 1.54. The summed E-state index contributed by atoms with van der Waals surface area (Å²) in [5.41, 5.74) is 10.9. The lowest BCUT2D eigenvalue weighted by Crippen LogP contribution is -2.06. The van der Waals surface area contributed by atoms with Gasteiger partial charge < -0.3 is 11.5 Å². The van der Waals surface area contributed by atoms with E-state index in [-0.39, 0.29) is 0 Å². The Morgan fingerprint density at radius 2 is 2.00 bits per heavy atom. The van der Waals surface area contributed by atoms with Gasteiger partial charge in [-0.25, -0.2) is 0 Å². The molecule has 0 aromatic heterocycles. The van der Waals surface area contributed by atoms with E-state index in [0.29, 0.717) is 10.7 Å². The first-order chi connectivity index (χ1) is 3.13.